The van der Waals surface area contributed by atoms with E-state index in [0.29, 0.717) is 11.7 Å². The van der Waals surface area contributed by atoms with Crippen molar-refractivity contribution >= 4 is 5.65 Å². The second kappa shape index (κ2) is 7.13. The number of imidazole rings is 1. The number of para-hydroxylation sites is 1. The van der Waals surface area contributed by atoms with Crippen LogP contribution in [-0.4, -0.2) is 27.7 Å². The Bertz CT molecular complexity index is 1090. The summed E-state index contributed by atoms with van der Waals surface area (Å²) in [6.07, 6.45) is 6.26. The van der Waals surface area contributed by atoms with Crippen LogP contribution in [0, 0.1) is 5.82 Å². The average Bonchev–Trinajstić information content (AvgIpc) is 3.32. The van der Waals surface area contributed by atoms with Crippen molar-refractivity contribution in [1.82, 2.24) is 19.9 Å². The lowest BCUT2D eigenvalue weighted by Crippen LogP contribution is -2.26. The van der Waals surface area contributed by atoms with Crippen LogP contribution in [0.15, 0.2) is 60.9 Å². The van der Waals surface area contributed by atoms with E-state index in [0.717, 1.165) is 42.8 Å². The van der Waals surface area contributed by atoms with Crippen LogP contribution in [0.5, 0.6) is 11.5 Å². The highest BCUT2D eigenvalue weighted by atomic mass is 19.1. The molecule has 2 aromatic heterocycles. The van der Waals surface area contributed by atoms with E-state index in [2.05, 4.69) is 15.4 Å². The summed E-state index contributed by atoms with van der Waals surface area (Å²) >= 11 is 0. The second-order valence-corrected chi connectivity index (χ2v) is 7.14. The molecule has 28 heavy (non-hydrogen) atoms. The quantitative estimate of drug-likeness (QED) is 0.541. The molecule has 142 valence electrons. The third-order valence-electron chi connectivity index (χ3n) is 5.34. The highest BCUT2D eigenvalue weighted by Crippen LogP contribution is 2.31. The Balaban J connectivity index is 1.39. The van der Waals surface area contributed by atoms with Gasteiger partial charge in [-0.15, -0.1) is 0 Å². The van der Waals surface area contributed by atoms with Crippen LogP contribution in [0.3, 0.4) is 0 Å². The molecule has 6 heteroatoms. The number of hydrogen-bond donors (Lipinski definition) is 2. The smallest absolute Gasteiger partial charge is 0.165 e. The van der Waals surface area contributed by atoms with E-state index < -0.39 is 0 Å². The molecule has 1 aliphatic heterocycles. The number of H-pyrrole nitrogens is 1. The first-order chi connectivity index (χ1) is 13.8. The molecule has 4 aromatic rings. The monoisotopic (exact) mass is 376 g/mol. The van der Waals surface area contributed by atoms with Crippen molar-refractivity contribution in [2.24, 2.45) is 0 Å². The predicted molar refractivity (Wildman–Crippen MR) is 106 cm³/mol. The van der Waals surface area contributed by atoms with Crippen molar-refractivity contribution in [3.05, 3.63) is 72.3 Å². The Hall–Kier alpha value is -3.12. The summed E-state index contributed by atoms with van der Waals surface area (Å²) in [6, 6.07) is 14.0. The van der Waals surface area contributed by atoms with Crippen molar-refractivity contribution in [1.29, 1.82) is 0 Å². The molecule has 3 heterocycles. The van der Waals surface area contributed by atoms with E-state index in [1.54, 1.807) is 18.2 Å². The fourth-order valence-electron chi connectivity index (χ4n) is 3.82. The zero-order valence-electron chi connectivity index (χ0n) is 15.4. The van der Waals surface area contributed by atoms with Gasteiger partial charge in [0.05, 0.1) is 18.1 Å². The Morgan fingerprint density at radius 2 is 1.82 bits per heavy atom. The molecule has 0 amide bonds. The molecule has 0 spiro atoms. The maximum Gasteiger partial charge on any atom is 0.165 e. The minimum atomic E-state index is -0.373. The molecular weight excluding hydrogens is 355 g/mol. The predicted octanol–water partition coefficient (Wildman–Crippen LogP) is 4.73. The van der Waals surface area contributed by atoms with Gasteiger partial charge in [-0.05, 0) is 73.8 Å². The number of nitrogens with zero attached hydrogens (tertiary/aromatic N) is 2. The maximum atomic E-state index is 13.7. The normalized spacial score (nSPS) is 15.2. The Morgan fingerprint density at radius 1 is 1.04 bits per heavy atom. The van der Waals surface area contributed by atoms with Crippen molar-refractivity contribution in [3.8, 4) is 22.8 Å². The number of hydrogen-bond acceptors (Lipinski definition) is 3. The lowest BCUT2D eigenvalue weighted by Gasteiger charge is -2.21. The molecule has 2 N–H and O–H groups in total. The minimum absolute atomic E-state index is 0.222. The van der Waals surface area contributed by atoms with Crippen molar-refractivity contribution in [2.45, 2.75) is 18.8 Å². The van der Waals surface area contributed by atoms with E-state index in [4.69, 9.17) is 4.74 Å². The third kappa shape index (κ3) is 3.16. The molecule has 0 atom stereocenters. The van der Waals surface area contributed by atoms with Gasteiger partial charge in [0.2, 0.25) is 0 Å². The van der Waals surface area contributed by atoms with Crippen LogP contribution in [-0.2, 0) is 0 Å². The van der Waals surface area contributed by atoms with Gasteiger partial charge in [-0.2, -0.15) is 5.10 Å². The fourth-order valence-corrected chi connectivity index (χ4v) is 3.82. The van der Waals surface area contributed by atoms with Crippen molar-refractivity contribution in [2.75, 3.05) is 13.1 Å². The van der Waals surface area contributed by atoms with Gasteiger partial charge in [0.1, 0.15) is 11.4 Å². The number of benzene rings is 2. The Kier molecular flexibility index (Phi) is 4.33. The summed E-state index contributed by atoms with van der Waals surface area (Å²) in [5.41, 5.74) is 4.37. The lowest BCUT2D eigenvalue weighted by atomic mass is 9.92. The molecule has 1 saturated heterocycles. The third-order valence-corrected chi connectivity index (χ3v) is 5.34. The van der Waals surface area contributed by atoms with Gasteiger partial charge < -0.3 is 15.0 Å². The molecule has 1 fully saturated rings. The van der Waals surface area contributed by atoms with E-state index >= 15 is 0 Å². The number of ether oxygens (including phenoxy) is 1. The molecule has 5 rings (SSSR count). The lowest BCUT2D eigenvalue weighted by molar-refractivity contribution is 0.442. The summed E-state index contributed by atoms with van der Waals surface area (Å²) in [7, 11) is 0. The van der Waals surface area contributed by atoms with Crippen LogP contribution in [0.2, 0.25) is 0 Å². The minimum Gasteiger partial charge on any atom is -0.454 e. The van der Waals surface area contributed by atoms with E-state index in [1.807, 2.05) is 41.2 Å². The molecule has 1 aliphatic rings. The second-order valence-electron chi connectivity index (χ2n) is 7.14. The van der Waals surface area contributed by atoms with Crippen LogP contribution >= 0.6 is 0 Å². The van der Waals surface area contributed by atoms with Gasteiger partial charge in [-0.3, -0.25) is 0 Å². The number of aromatic nitrogens is 3. The van der Waals surface area contributed by atoms with Gasteiger partial charge in [0, 0.05) is 5.56 Å². The first kappa shape index (κ1) is 17.0. The summed E-state index contributed by atoms with van der Waals surface area (Å²) < 4.78 is 21.3. The first-order valence-corrected chi connectivity index (χ1v) is 9.58. The summed E-state index contributed by atoms with van der Waals surface area (Å²) in [5.74, 6) is 0.991. The average molecular weight is 376 g/mol. The summed E-state index contributed by atoms with van der Waals surface area (Å²) in [5, 5.41) is 7.93. The number of halogens is 1. The van der Waals surface area contributed by atoms with Crippen molar-refractivity contribution < 1.29 is 9.13 Å². The number of aromatic amines is 1. The van der Waals surface area contributed by atoms with Crippen molar-refractivity contribution in [3.63, 3.8) is 0 Å². The van der Waals surface area contributed by atoms with Crippen LogP contribution in [0.25, 0.3) is 16.9 Å². The number of fused-ring (bicyclic) bond motifs is 1. The molecular formula is C22H21FN4O. The van der Waals surface area contributed by atoms with Gasteiger partial charge in [-0.1, -0.05) is 12.1 Å². The Morgan fingerprint density at radius 3 is 2.61 bits per heavy atom. The zero-order valence-corrected chi connectivity index (χ0v) is 15.4. The molecule has 0 bridgehead atoms. The molecule has 5 nitrogen and oxygen atoms in total. The van der Waals surface area contributed by atoms with Crippen LogP contribution in [0.4, 0.5) is 4.39 Å². The van der Waals surface area contributed by atoms with Gasteiger partial charge in [-0.25, -0.2) is 8.91 Å². The van der Waals surface area contributed by atoms with E-state index in [9.17, 15) is 4.39 Å². The number of piperidine rings is 1. The van der Waals surface area contributed by atoms with Gasteiger partial charge in [0.25, 0.3) is 0 Å². The Labute approximate surface area is 162 Å². The van der Waals surface area contributed by atoms with E-state index in [-0.39, 0.29) is 11.6 Å². The summed E-state index contributed by atoms with van der Waals surface area (Å²) in [4.78, 5) is 3.52. The van der Waals surface area contributed by atoms with Crippen LogP contribution < -0.4 is 10.1 Å². The molecule has 0 radical (unpaired) electrons. The highest BCUT2D eigenvalue weighted by molar-refractivity contribution is 5.65. The topological polar surface area (TPSA) is 54.4 Å². The number of rotatable bonds is 4. The molecule has 0 aliphatic carbocycles. The maximum absolute atomic E-state index is 13.7. The van der Waals surface area contributed by atoms with Crippen LogP contribution in [0.1, 0.15) is 24.3 Å². The molecule has 2 aromatic carbocycles. The SMILES string of the molecule is Fc1ccccc1Oc1ccc(-c2cn3ncc(C4CCNCC4)c3[nH]2)cc1. The summed E-state index contributed by atoms with van der Waals surface area (Å²) in [6.45, 7) is 2.11. The molecule has 0 saturated carbocycles. The van der Waals surface area contributed by atoms with Gasteiger partial charge in [0.15, 0.2) is 11.6 Å². The first-order valence-electron chi connectivity index (χ1n) is 9.58. The highest BCUT2D eigenvalue weighted by Gasteiger charge is 2.20. The zero-order chi connectivity index (χ0) is 18.9. The fraction of sp³-hybridized carbons (Fsp3) is 0.227. The number of nitrogens with one attached hydrogen (secondary N) is 2. The van der Waals surface area contributed by atoms with E-state index in [1.165, 1.54) is 11.6 Å². The largest absolute Gasteiger partial charge is 0.454 e. The molecule has 0 unspecified atom stereocenters. The standard InChI is InChI=1S/C22H21FN4O/c23-19-3-1-2-4-21(19)28-17-7-5-16(6-8-17)20-14-27-22(26-20)18(13-25-27)15-9-11-24-12-10-15/h1-8,13-15,24,26H,9-12H2. The van der Waals surface area contributed by atoms with Gasteiger partial charge >= 0.3 is 0 Å².